The second-order valence-electron chi connectivity index (χ2n) is 7.30. The maximum absolute atomic E-state index is 12.7. The summed E-state index contributed by atoms with van der Waals surface area (Å²) < 4.78 is 2.02. The molecule has 1 amide bonds. The lowest BCUT2D eigenvalue weighted by Crippen LogP contribution is -2.44. The highest BCUT2D eigenvalue weighted by Crippen LogP contribution is 2.16. The van der Waals surface area contributed by atoms with Gasteiger partial charge in [-0.2, -0.15) is 5.10 Å². The monoisotopic (exact) mass is 369 g/mol. The molecule has 27 heavy (non-hydrogen) atoms. The van der Waals surface area contributed by atoms with Crippen LogP contribution in [0.5, 0.6) is 0 Å². The number of likely N-dealkylation sites (tertiary alicyclic amines) is 1. The fourth-order valence-electron chi connectivity index (χ4n) is 3.78. The molecule has 1 fully saturated rings. The smallest absolute Gasteiger partial charge is 0.237 e. The summed E-state index contributed by atoms with van der Waals surface area (Å²) in [5.74, 6) is 0.973. The van der Waals surface area contributed by atoms with Crippen molar-refractivity contribution in [2.45, 2.75) is 45.3 Å². The third-order valence-electron chi connectivity index (χ3n) is 5.27. The van der Waals surface area contributed by atoms with Crippen molar-refractivity contribution in [3.63, 3.8) is 0 Å². The molecule has 8 heteroatoms. The average molecular weight is 369 g/mol. The molecule has 2 aromatic rings. The van der Waals surface area contributed by atoms with Gasteiger partial charge in [-0.25, -0.2) is 4.98 Å². The van der Waals surface area contributed by atoms with Crippen LogP contribution >= 0.6 is 0 Å². The number of aromatic nitrogens is 4. The summed E-state index contributed by atoms with van der Waals surface area (Å²) in [6.45, 7) is 5.39. The molecule has 8 nitrogen and oxygen atoms in total. The summed E-state index contributed by atoms with van der Waals surface area (Å²) in [5, 5.41) is 7.87. The molecule has 0 atom stereocenters. The fraction of sp³-hybridized carbons (Fsp3) is 0.579. The number of anilines is 1. The van der Waals surface area contributed by atoms with E-state index >= 15 is 0 Å². The third-order valence-corrected chi connectivity index (χ3v) is 5.27. The first kappa shape index (κ1) is 17.9. The lowest BCUT2D eigenvalue weighted by Gasteiger charge is -2.30. The zero-order valence-corrected chi connectivity index (χ0v) is 15.7. The minimum atomic E-state index is 0.239. The van der Waals surface area contributed by atoms with Crippen molar-refractivity contribution in [2.24, 2.45) is 0 Å². The van der Waals surface area contributed by atoms with Gasteiger partial charge < -0.3 is 10.2 Å². The molecule has 2 aliphatic rings. The van der Waals surface area contributed by atoms with Gasteiger partial charge >= 0.3 is 0 Å². The maximum atomic E-state index is 12.7. The van der Waals surface area contributed by atoms with E-state index in [1.165, 1.54) is 25.7 Å². The molecule has 0 aromatic carbocycles. The van der Waals surface area contributed by atoms with Gasteiger partial charge in [-0.1, -0.05) is 12.8 Å². The lowest BCUT2D eigenvalue weighted by atomic mass is 10.2. The van der Waals surface area contributed by atoms with E-state index in [2.05, 4.69) is 31.3 Å². The molecule has 4 rings (SSSR count). The molecule has 2 aromatic heterocycles. The fourth-order valence-corrected chi connectivity index (χ4v) is 3.78. The molecular weight excluding hydrogens is 342 g/mol. The third kappa shape index (κ3) is 4.63. The number of rotatable bonds is 5. The Morgan fingerprint density at radius 3 is 2.70 bits per heavy atom. The first-order valence-electron chi connectivity index (χ1n) is 9.83. The first-order chi connectivity index (χ1) is 13.3. The van der Waals surface area contributed by atoms with E-state index in [0.29, 0.717) is 19.6 Å². The van der Waals surface area contributed by atoms with E-state index in [1.807, 2.05) is 9.58 Å². The van der Waals surface area contributed by atoms with Crippen LogP contribution in [0.4, 0.5) is 5.82 Å². The van der Waals surface area contributed by atoms with Crippen molar-refractivity contribution in [1.82, 2.24) is 29.5 Å². The minimum absolute atomic E-state index is 0.239. The predicted octanol–water partition coefficient (Wildman–Crippen LogP) is 1.50. The zero-order valence-electron chi connectivity index (χ0n) is 15.7. The molecule has 0 saturated carbocycles. The zero-order chi connectivity index (χ0) is 18.5. The molecule has 144 valence electrons. The summed E-state index contributed by atoms with van der Waals surface area (Å²) in [4.78, 5) is 25.3. The SMILES string of the molecule is O=C(CN1CCCCCC1)N1CCn2nc(CNc3cnccn3)cc2C1. The molecule has 0 unspecified atom stereocenters. The normalized spacial score (nSPS) is 18.0. The van der Waals surface area contributed by atoms with Gasteiger partial charge in [-0.3, -0.25) is 19.4 Å². The Labute approximate surface area is 159 Å². The maximum Gasteiger partial charge on any atom is 0.237 e. The van der Waals surface area contributed by atoms with E-state index in [4.69, 9.17) is 0 Å². The van der Waals surface area contributed by atoms with Crippen LogP contribution in [-0.2, 0) is 24.4 Å². The molecule has 4 heterocycles. The van der Waals surface area contributed by atoms with E-state index in [-0.39, 0.29) is 5.91 Å². The van der Waals surface area contributed by atoms with Gasteiger partial charge in [0.1, 0.15) is 5.82 Å². The summed E-state index contributed by atoms with van der Waals surface area (Å²) in [6.07, 6.45) is 10.0. The van der Waals surface area contributed by atoms with Crippen LogP contribution in [0.3, 0.4) is 0 Å². The number of amides is 1. The van der Waals surface area contributed by atoms with Crippen LogP contribution in [0.15, 0.2) is 24.7 Å². The Balaban J connectivity index is 1.32. The van der Waals surface area contributed by atoms with E-state index in [9.17, 15) is 4.79 Å². The van der Waals surface area contributed by atoms with Crippen molar-refractivity contribution in [1.29, 1.82) is 0 Å². The molecule has 1 N–H and O–H groups in total. The Morgan fingerprint density at radius 1 is 1.07 bits per heavy atom. The van der Waals surface area contributed by atoms with Gasteiger partial charge in [0, 0.05) is 18.9 Å². The summed E-state index contributed by atoms with van der Waals surface area (Å²) in [7, 11) is 0. The molecule has 0 bridgehead atoms. The standard InChI is InChI=1S/C19H27N7O/c27-19(15-24-7-3-1-2-4-8-24)25-9-10-26-17(14-25)11-16(23-26)12-22-18-13-20-5-6-21-18/h5-6,11,13H,1-4,7-10,12,14-15H2,(H,21,22). The lowest BCUT2D eigenvalue weighted by molar-refractivity contribution is -0.133. The van der Waals surface area contributed by atoms with Crippen molar-refractivity contribution < 1.29 is 4.79 Å². The number of carbonyl (C=O) groups is 1. The van der Waals surface area contributed by atoms with E-state index in [0.717, 1.165) is 43.4 Å². The quantitative estimate of drug-likeness (QED) is 0.861. The number of fused-ring (bicyclic) bond motifs is 1. The largest absolute Gasteiger partial charge is 0.363 e. The van der Waals surface area contributed by atoms with Crippen molar-refractivity contribution in [3.8, 4) is 0 Å². The Morgan fingerprint density at radius 2 is 1.93 bits per heavy atom. The summed E-state index contributed by atoms with van der Waals surface area (Å²) in [5.41, 5.74) is 2.05. The van der Waals surface area contributed by atoms with E-state index < -0.39 is 0 Å². The first-order valence-corrected chi connectivity index (χ1v) is 9.83. The number of hydrogen-bond donors (Lipinski definition) is 1. The van der Waals surface area contributed by atoms with Crippen LogP contribution in [0.2, 0.25) is 0 Å². The topological polar surface area (TPSA) is 79.2 Å². The number of carbonyl (C=O) groups excluding carboxylic acids is 1. The number of nitrogens with zero attached hydrogens (tertiary/aromatic N) is 6. The van der Waals surface area contributed by atoms with Crippen LogP contribution < -0.4 is 5.32 Å². The summed E-state index contributed by atoms with van der Waals surface area (Å²) in [6, 6.07) is 2.08. The van der Waals surface area contributed by atoms with Gasteiger partial charge in [-0.15, -0.1) is 0 Å². The van der Waals surface area contributed by atoms with Crippen molar-refractivity contribution in [3.05, 3.63) is 36.0 Å². The van der Waals surface area contributed by atoms with Gasteiger partial charge in [0.05, 0.1) is 43.8 Å². The molecule has 1 saturated heterocycles. The molecule has 2 aliphatic heterocycles. The molecule has 0 radical (unpaired) electrons. The van der Waals surface area contributed by atoms with E-state index in [1.54, 1.807) is 18.6 Å². The van der Waals surface area contributed by atoms with Crippen molar-refractivity contribution >= 4 is 11.7 Å². The van der Waals surface area contributed by atoms with Gasteiger partial charge in [0.25, 0.3) is 0 Å². The number of nitrogens with one attached hydrogen (secondary N) is 1. The Bertz CT molecular complexity index is 753. The predicted molar refractivity (Wildman–Crippen MR) is 102 cm³/mol. The average Bonchev–Trinajstić information content (AvgIpc) is 2.94. The molecule has 0 aliphatic carbocycles. The highest BCUT2D eigenvalue weighted by Gasteiger charge is 2.24. The summed E-state index contributed by atoms with van der Waals surface area (Å²) >= 11 is 0. The molecule has 0 spiro atoms. The highest BCUT2D eigenvalue weighted by atomic mass is 16.2. The number of hydrogen-bond acceptors (Lipinski definition) is 6. The second kappa shape index (κ2) is 8.47. The van der Waals surface area contributed by atoms with Crippen LogP contribution in [0, 0.1) is 0 Å². The Kier molecular flexibility index (Phi) is 5.62. The van der Waals surface area contributed by atoms with Gasteiger partial charge in [-0.05, 0) is 32.0 Å². The van der Waals surface area contributed by atoms with Crippen LogP contribution in [-0.4, -0.2) is 61.6 Å². The second-order valence-corrected chi connectivity index (χ2v) is 7.30. The molecular formula is C19H27N7O. The Hall–Kier alpha value is -2.48. The van der Waals surface area contributed by atoms with Gasteiger partial charge in [0.2, 0.25) is 5.91 Å². The minimum Gasteiger partial charge on any atom is -0.363 e. The van der Waals surface area contributed by atoms with Gasteiger partial charge in [0.15, 0.2) is 0 Å². The van der Waals surface area contributed by atoms with Crippen LogP contribution in [0.25, 0.3) is 0 Å². The highest BCUT2D eigenvalue weighted by molar-refractivity contribution is 5.78. The van der Waals surface area contributed by atoms with Crippen LogP contribution in [0.1, 0.15) is 37.1 Å². The van der Waals surface area contributed by atoms with Crippen molar-refractivity contribution in [2.75, 3.05) is 31.5 Å².